The molecule has 0 aliphatic carbocycles. The van der Waals surface area contributed by atoms with Gasteiger partial charge in [0, 0.05) is 11.6 Å². The predicted molar refractivity (Wildman–Crippen MR) is 104 cm³/mol. The fourth-order valence-electron chi connectivity index (χ4n) is 3.86. The highest BCUT2D eigenvalue weighted by atomic mass is 16.7. The second kappa shape index (κ2) is 5.92. The molecule has 2 aromatic carbocycles. The summed E-state index contributed by atoms with van der Waals surface area (Å²) in [5, 5.41) is 0.430. The second-order valence-electron chi connectivity index (χ2n) is 7.67. The first-order valence-electron chi connectivity index (χ1n) is 9.21. The molecule has 0 saturated carbocycles. The molecule has 3 heterocycles. The first-order valence-corrected chi connectivity index (χ1v) is 9.21. The zero-order chi connectivity index (χ0) is 19.5. The average Bonchev–Trinajstić information content (AvgIpc) is 3.13. The SMILES string of the molecule is COc1c2c(cc3occ(-c4ccc5c(c4)OCO5)c(=O)c13)OC(C)(C)CC2. The summed E-state index contributed by atoms with van der Waals surface area (Å²) in [5.41, 5.74) is 2.09. The van der Waals surface area contributed by atoms with E-state index in [1.165, 1.54) is 6.26 Å². The fraction of sp³-hybridized carbons (Fsp3) is 0.318. The molecule has 0 atom stereocenters. The van der Waals surface area contributed by atoms with Crippen LogP contribution < -0.4 is 24.4 Å². The number of hydrogen-bond donors (Lipinski definition) is 0. The van der Waals surface area contributed by atoms with Gasteiger partial charge in [0.25, 0.3) is 0 Å². The number of fused-ring (bicyclic) bond motifs is 3. The van der Waals surface area contributed by atoms with Crippen molar-refractivity contribution in [1.82, 2.24) is 0 Å². The summed E-state index contributed by atoms with van der Waals surface area (Å²) in [6.07, 6.45) is 3.09. The molecule has 0 unspecified atom stereocenters. The van der Waals surface area contributed by atoms with Crippen molar-refractivity contribution in [1.29, 1.82) is 0 Å². The van der Waals surface area contributed by atoms with Gasteiger partial charge in [0.2, 0.25) is 12.2 Å². The Kier molecular flexibility index (Phi) is 3.59. The molecule has 0 spiro atoms. The maximum atomic E-state index is 13.4. The summed E-state index contributed by atoms with van der Waals surface area (Å²) in [4.78, 5) is 13.4. The second-order valence-corrected chi connectivity index (χ2v) is 7.67. The van der Waals surface area contributed by atoms with E-state index in [1.807, 2.05) is 19.9 Å². The highest BCUT2D eigenvalue weighted by molar-refractivity contribution is 5.90. The average molecular weight is 380 g/mol. The van der Waals surface area contributed by atoms with E-state index in [4.69, 9.17) is 23.4 Å². The molecule has 0 amide bonds. The maximum Gasteiger partial charge on any atom is 0.231 e. The van der Waals surface area contributed by atoms with Crippen LogP contribution in [0, 0.1) is 0 Å². The van der Waals surface area contributed by atoms with E-state index in [-0.39, 0.29) is 17.8 Å². The van der Waals surface area contributed by atoms with E-state index in [9.17, 15) is 4.79 Å². The van der Waals surface area contributed by atoms with Crippen LogP contribution in [0.5, 0.6) is 23.0 Å². The lowest BCUT2D eigenvalue weighted by Crippen LogP contribution is -2.32. The Morgan fingerprint density at radius 3 is 2.71 bits per heavy atom. The Balaban J connectivity index is 1.72. The van der Waals surface area contributed by atoms with Crippen molar-refractivity contribution in [2.24, 2.45) is 0 Å². The van der Waals surface area contributed by atoms with Crippen molar-refractivity contribution in [3.05, 3.63) is 46.3 Å². The Labute approximate surface area is 161 Å². The standard InChI is InChI=1S/C22H20O6/c1-22(2)7-6-13-16(28-22)9-18-19(21(13)24-3)20(23)14(10-25-18)12-4-5-15-17(8-12)27-11-26-15/h4-5,8-10H,6-7,11H2,1-3H3. The monoisotopic (exact) mass is 380 g/mol. The van der Waals surface area contributed by atoms with Crippen LogP contribution in [-0.2, 0) is 6.42 Å². The van der Waals surface area contributed by atoms with Gasteiger partial charge in [-0.1, -0.05) is 6.07 Å². The minimum Gasteiger partial charge on any atom is -0.495 e. The van der Waals surface area contributed by atoms with Crippen molar-refractivity contribution in [2.45, 2.75) is 32.3 Å². The number of methoxy groups -OCH3 is 1. The molecule has 28 heavy (non-hydrogen) atoms. The van der Waals surface area contributed by atoms with E-state index in [0.29, 0.717) is 45.1 Å². The van der Waals surface area contributed by atoms with Crippen LogP contribution in [-0.4, -0.2) is 19.5 Å². The minimum atomic E-state index is -0.265. The van der Waals surface area contributed by atoms with E-state index in [1.54, 1.807) is 25.3 Å². The van der Waals surface area contributed by atoms with Gasteiger partial charge in [0.05, 0.1) is 12.7 Å². The predicted octanol–water partition coefficient (Wildman–Crippen LogP) is 4.30. The lowest BCUT2D eigenvalue weighted by Gasteiger charge is -2.33. The van der Waals surface area contributed by atoms with Crippen molar-refractivity contribution in [3.63, 3.8) is 0 Å². The van der Waals surface area contributed by atoms with E-state index in [0.717, 1.165) is 18.4 Å². The summed E-state index contributed by atoms with van der Waals surface area (Å²) >= 11 is 0. The molecule has 6 heteroatoms. The molecule has 0 saturated heterocycles. The van der Waals surface area contributed by atoms with Gasteiger partial charge in [-0.05, 0) is 44.4 Å². The van der Waals surface area contributed by atoms with Gasteiger partial charge in [0.1, 0.15) is 34.3 Å². The third-order valence-corrected chi connectivity index (χ3v) is 5.33. The van der Waals surface area contributed by atoms with Crippen LogP contribution in [0.2, 0.25) is 0 Å². The molecule has 144 valence electrons. The quantitative estimate of drug-likeness (QED) is 0.660. The molecule has 6 nitrogen and oxygen atoms in total. The van der Waals surface area contributed by atoms with Crippen molar-refractivity contribution in [2.75, 3.05) is 13.9 Å². The smallest absolute Gasteiger partial charge is 0.231 e. The van der Waals surface area contributed by atoms with E-state index >= 15 is 0 Å². The Morgan fingerprint density at radius 1 is 1.07 bits per heavy atom. The summed E-state index contributed by atoms with van der Waals surface area (Å²) in [6.45, 7) is 4.28. The summed E-state index contributed by atoms with van der Waals surface area (Å²) in [7, 11) is 1.57. The molecule has 5 rings (SSSR count). The molecular formula is C22H20O6. The zero-order valence-electron chi connectivity index (χ0n) is 16.0. The number of rotatable bonds is 2. The topological polar surface area (TPSA) is 67.1 Å². The van der Waals surface area contributed by atoms with Crippen molar-refractivity contribution >= 4 is 11.0 Å². The third kappa shape index (κ3) is 2.52. The van der Waals surface area contributed by atoms with Gasteiger partial charge in [-0.15, -0.1) is 0 Å². The minimum absolute atomic E-state index is 0.149. The molecule has 0 N–H and O–H groups in total. The van der Waals surface area contributed by atoms with Gasteiger partial charge in [-0.2, -0.15) is 0 Å². The van der Waals surface area contributed by atoms with Crippen LogP contribution >= 0.6 is 0 Å². The Hall–Kier alpha value is -3.15. The van der Waals surface area contributed by atoms with Crippen molar-refractivity contribution < 1.29 is 23.4 Å². The van der Waals surface area contributed by atoms with Crippen LogP contribution in [0.3, 0.4) is 0 Å². The fourth-order valence-corrected chi connectivity index (χ4v) is 3.86. The largest absolute Gasteiger partial charge is 0.495 e. The van der Waals surface area contributed by atoms with Crippen LogP contribution in [0.1, 0.15) is 25.8 Å². The molecule has 0 radical (unpaired) electrons. The van der Waals surface area contributed by atoms with Gasteiger partial charge in [-0.25, -0.2) is 0 Å². The number of ether oxygens (including phenoxy) is 4. The Morgan fingerprint density at radius 2 is 1.89 bits per heavy atom. The molecule has 1 aromatic heterocycles. The first kappa shape index (κ1) is 17.0. The molecular weight excluding hydrogens is 360 g/mol. The lowest BCUT2D eigenvalue weighted by molar-refractivity contribution is 0.0838. The molecule has 2 aliphatic heterocycles. The normalized spacial score (nSPS) is 16.5. The number of hydrogen-bond acceptors (Lipinski definition) is 6. The van der Waals surface area contributed by atoms with Gasteiger partial charge >= 0.3 is 0 Å². The summed E-state index contributed by atoms with van der Waals surface area (Å²) in [5.74, 6) is 2.52. The zero-order valence-corrected chi connectivity index (χ0v) is 16.0. The lowest BCUT2D eigenvalue weighted by atomic mass is 9.92. The third-order valence-electron chi connectivity index (χ3n) is 5.33. The summed E-state index contributed by atoms with van der Waals surface area (Å²) in [6, 6.07) is 7.19. The molecule has 3 aromatic rings. The van der Waals surface area contributed by atoms with Crippen molar-refractivity contribution in [3.8, 4) is 34.1 Å². The van der Waals surface area contributed by atoms with E-state index in [2.05, 4.69) is 0 Å². The maximum absolute atomic E-state index is 13.4. The molecule has 0 bridgehead atoms. The van der Waals surface area contributed by atoms with Gasteiger partial charge in [-0.3, -0.25) is 4.79 Å². The van der Waals surface area contributed by atoms with Gasteiger partial charge < -0.3 is 23.4 Å². The molecule has 2 aliphatic rings. The summed E-state index contributed by atoms with van der Waals surface area (Å²) < 4.78 is 28.4. The Bertz CT molecular complexity index is 1160. The van der Waals surface area contributed by atoms with Crippen LogP contribution in [0.25, 0.3) is 22.1 Å². The first-order chi connectivity index (χ1) is 13.5. The molecule has 0 fully saturated rings. The van der Waals surface area contributed by atoms with E-state index < -0.39 is 0 Å². The van der Waals surface area contributed by atoms with Crippen LogP contribution in [0.4, 0.5) is 0 Å². The highest BCUT2D eigenvalue weighted by Crippen LogP contribution is 2.43. The van der Waals surface area contributed by atoms with Crippen LogP contribution in [0.15, 0.2) is 39.7 Å². The highest BCUT2D eigenvalue weighted by Gasteiger charge is 2.31. The van der Waals surface area contributed by atoms with Gasteiger partial charge in [0.15, 0.2) is 11.5 Å². The number of benzene rings is 2.